The molecule has 1 radical (unpaired) electrons. The predicted molar refractivity (Wildman–Crippen MR) is 50.0 cm³/mol. The van der Waals surface area contributed by atoms with Crippen LogP contribution in [-0.2, 0) is 16.1 Å². The van der Waals surface area contributed by atoms with Gasteiger partial charge in [0.25, 0.3) is 0 Å². The van der Waals surface area contributed by atoms with E-state index in [0.717, 1.165) is 5.56 Å². The van der Waals surface area contributed by atoms with Gasteiger partial charge in [0, 0.05) is 5.56 Å². The highest BCUT2D eigenvalue weighted by atomic mass is 16.5. The lowest BCUT2D eigenvalue weighted by Crippen LogP contribution is -1.97. The van der Waals surface area contributed by atoms with E-state index in [1.807, 2.05) is 0 Å². The van der Waals surface area contributed by atoms with Crippen molar-refractivity contribution in [2.24, 2.45) is 0 Å². The van der Waals surface area contributed by atoms with Gasteiger partial charge < -0.3 is 14.2 Å². The zero-order valence-corrected chi connectivity index (χ0v) is 8.07. The fourth-order valence-electron chi connectivity index (χ4n) is 1.17. The third-order valence-electron chi connectivity index (χ3n) is 1.77. The molecule has 0 fully saturated rings. The fourth-order valence-corrected chi connectivity index (χ4v) is 1.17. The van der Waals surface area contributed by atoms with Crippen molar-refractivity contribution in [3.05, 3.63) is 23.8 Å². The Labute approximate surface area is 82.4 Å². The highest BCUT2D eigenvalue weighted by molar-refractivity contribution is 5.47. The highest BCUT2D eigenvalue weighted by Gasteiger charge is 2.09. The monoisotopic (exact) mass is 195 g/mol. The second kappa shape index (κ2) is 5.11. The molecule has 0 spiro atoms. The minimum atomic E-state index is 0.129. The van der Waals surface area contributed by atoms with Crippen molar-refractivity contribution in [3.63, 3.8) is 0 Å². The van der Waals surface area contributed by atoms with Crippen LogP contribution in [0.25, 0.3) is 0 Å². The van der Waals surface area contributed by atoms with Crippen LogP contribution >= 0.6 is 0 Å². The van der Waals surface area contributed by atoms with Crippen LogP contribution in [0, 0.1) is 0 Å². The third kappa shape index (κ3) is 2.16. The Hall–Kier alpha value is -1.71. The van der Waals surface area contributed by atoms with Crippen LogP contribution < -0.4 is 9.47 Å². The third-order valence-corrected chi connectivity index (χ3v) is 1.77. The van der Waals surface area contributed by atoms with E-state index in [1.54, 1.807) is 25.3 Å². The number of hydrogen-bond donors (Lipinski definition) is 0. The summed E-state index contributed by atoms with van der Waals surface area (Å²) in [7, 11) is 3.08. The van der Waals surface area contributed by atoms with E-state index < -0.39 is 0 Å². The van der Waals surface area contributed by atoms with Gasteiger partial charge >= 0.3 is 6.47 Å². The van der Waals surface area contributed by atoms with Crippen molar-refractivity contribution in [2.75, 3.05) is 14.2 Å². The summed E-state index contributed by atoms with van der Waals surface area (Å²) >= 11 is 0. The molecule has 14 heavy (non-hydrogen) atoms. The van der Waals surface area contributed by atoms with E-state index in [2.05, 4.69) is 4.74 Å². The lowest BCUT2D eigenvalue weighted by atomic mass is 10.2. The van der Waals surface area contributed by atoms with E-state index in [-0.39, 0.29) is 6.61 Å². The second-order valence-electron chi connectivity index (χ2n) is 2.52. The molecule has 1 aromatic rings. The second-order valence-corrected chi connectivity index (χ2v) is 2.52. The molecular formula is C10H11O4. The van der Waals surface area contributed by atoms with Crippen LogP contribution in [-0.4, -0.2) is 20.7 Å². The Bertz CT molecular complexity index is 309. The first-order valence-corrected chi connectivity index (χ1v) is 4.02. The van der Waals surface area contributed by atoms with Crippen LogP contribution in [0.4, 0.5) is 0 Å². The molecule has 0 aliphatic carbocycles. The lowest BCUT2D eigenvalue weighted by Gasteiger charge is -2.11. The smallest absolute Gasteiger partial charge is 0.417 e. The first kappa shape index (κ1) is 10.4. The van der Waals surface area contributed by atoms with Crippen molar-refractivity contribution >= 4 is 6.47 Å². The van der Waals surface area contributed by atoms with E-state index in [0.29, 0.717) is 11.5 Å². The Morgan fingerprint density at radius 3 is 2.64 bits per heavy atom. The van der Waals surface area contributed by atoms with Gasteiger partial charge in [0.1, 0.15) is 6.61 Å². The van der Waals surface area contributed by atoms with Crippen molar-refractivity contribution < 1.29 is 19.0 Å². The number of rotatable bonds is 5. The zero-order valence-electron chi connectivity index (χ0n) is 8.07. The molecule has 0 saturated carbocycles. The highest BCUT2D eigenvalue weighted by Crippen LogP contribution is 2.30. The molecule has 0 N–H and O–H groups in total. The van der Waals surface area contributed by atoms with Crippen molar-refractivity contribution in [1.82, 2.24) is 0 Å². The molecule has 0 atom stereocenters. The van der Waals surface area contributed by atoms with Gasteiger partial charge in [-0.1, -0.05) is 12.1 Å². The Balaban J connectivity index is 2.95. The average molecular weight is 195 g/mol. The molecule has 4 nitrogen and oxygen atoms in total. The zero-order chi connectivity index (χ0) is 10.4. The summed E-state index contributed by atoms with van der Waals surface area (Å²) in [6.07, 6.45) is 0. The van der Waals surface area contributed by atoms with E-state index >= 15 is 0 Å². The van der Waals surface area contributed by atoms with E-state index in [9.17, 15) is 4.79 Å². The molecule has 0 unspecified atom stereocenters. The van der Waals surface area contributed by atoms with Gasteiger partial charge in [0.15, 0.2) is 11.5 Å². The topological polar surface area (TPSA) is 44.8 Å². The van der Waals surface area contributed by atoms with Gasteiger partial charge in [-0.05, 0) is 6.07 Å². The average Bonchev–Trinajstić information content (AvgIpc) is 2.25. The van der Waals surface area contributed by atoms with Gasteiger partial charge in [-0.2, -0.15) is 0 Å². The minimum absolute atomic E-state index is 0.129. The number of ether oxygens (including phenoxy) is 3. The van der Waals surface area contributed by atoms with E-state index in [1.165, 1.54) is 13.6 Å². The first-order valence-electron chi connectivity index (χ1n) is 4.02. The summed E-state index contributed by atoms with van der Waals surface area (Å²) in [4.78, 5) is 9.91. The van der Waals surface area contributed by atoms with Gasteiger partial charge in [-0.3, -0.25) is 0 Å². The molecule has 1 aromatic carbocycles. The number of carbonyl (C=O) groups excluding carboxylic acids is 1. The largest absolute Gasteiger partial charge is 0.493 e. The minimum Gasteiger partial charge on any atom is -0.493 e. The van der Waals surface area contributed by atoms with Gasteiger partial charge in [-0.25, -0.2) is 4.79 Å². The van der Waals surface area contributed by atoms with Crippen LogP contribution in [0.5, 0.6) is 11.5 Å². The van der Waals surface area contributed by atoms with Crippen LogP contribution in [0.15, 0.2) is 18.2 Å². The quantitative estimate of drug-likeness (QED) is 0.710. The van der Waals surface area contributed by atoms with Gasteiger partial charge in [0.05, 0.1) is 14.2 Å². The molecule has 0 saturated heterocycles. The van der Waals surface area contributed by atoms with Gasteiger partial charge in [-0.15, -0.1) is 0 Å². The summed E-state index contributed by atoms with van der Waals surface area (Å²) < 4.78 is 14.7. The number of benzene rings is 1. The molecule has 0 aliphatic rings. The maximum atomic E-state index is 9.91. The maximum absolute atomic E-state index is 9.91. The Morgan fingerprint density at radius 2 is 2.07 bits per heavy atom. The van der Waals surface area contributed by atoms with E-state index in [4.69, 9.17) is 9.47 Å². The molecule has 0 heterocycles. The molecule has 0 amide bonds. The fraction of sp³-hybridized carbons (Fsp3) is 0.300. The van der Waals surface area contributed by atoms with Crippen molar-refractivity contribution in [3.8, 4) is 11.5 Å². The summed E-state index contributed by atoms with van der Waals surface area (Å²) in [5.41, 5.74) is 0.746. The summed E-state index contributed by atoms with van der Waals surface area (Å²) in [5, 5.41) is 0. The number of hydrogen-bond acceptors (Lipinski definition) is 4. The molecule has 75 valence electrons. The number of methoxy groups -OCH3 is 2. The molecule has 0 aromatic heterocycles. The lowest BCUT2D eigenvalue weighted by molar-refractivity contribution is 0.258. The van der Waals surface area contributed by atoms with Crippen LogP contribution in [0.2, 0.25) is 0 Å². The molecule has 1 rings (SSSR count). The van der Waals surface area contributed by atoms with Crippen LogP contribution in [0.1, 0.15) is 5.56 Å². The maximum Gasteiger partial charge on any atom is 0.417 e. The number of para-hydroxylation sites is 1. The molecule has 0 aliphatic heterocycles. The SMILES string of the molecule is COc1cccc(CO[C]=O)c1OC. The first-order chi connectivity index (χ1) is 6.83. The molecule has 4 heteroatoms. The summed E-state index contributed by atoms with van der Waals surface area (Å²) in [5.74, 6) is 1.18. The van der Waals surface area contributed by atoms with Crippen molar-refractivity contribution in [2.45, 2.75) is 6.61 Å². The van der Waals surface area contributed by atoms with Gasteiger partial charge in [0.2, 0.25) is 0 Å². The molecular weight excluding hydrogens is 184 g/mol. The standard InChI is InChI=1S/C10H11O4/c1-12-9-5-3-4-8(6-14-7-11)10(9)13-2/h3-5H,6H2,1-2H3. The summed E-state index contributed by atoms with van der Waals surface area (Å²) in [6, 6.07) is 5.36. The normalized spacial score (nSPS) is 9.29. The Kier molecular flexibility index (Phi) is 3.79. The van der Waals surface area contributed by atoms with Crippen molar-refractivity contribution in [1.29, 1.82) is 0 Å². The van der Waals surface area contributed by atoms with Crippen LogP contribution in [0.3, 0.4) is 0 Å². The molecule has 0 bridgehead atoms. The Morgan fingerprint density at radius 1 is 1.29 bits per heavy atom. The summed E-state index contributed by atoms with van der Waals surface area (Å²) in [6.45, 7) is 1.49. The predicted octanol–water partition coefficient (Wildman–Crippen LogP) is 1.29.